The highest BCUT2D eigenvalue weighted by molar-refractivity contribution is 4.83. The Bertz CT molecular complexity index is 192. The molecule has 0 aromatic rings. The maximum Gasteiger partial charge on any atom is 0.0543 e. The fourth-order valence-electron chi connectivity index (χ4n) is 1.86. The molecular weight excluding hydrogens is 196 g/mol. The Hall–Kier alpha value is -0.480. The largest absolute Gasteiger partial charge is 0.382 e. The SMILES string of the molecule is [C]#CC(C)CCCC(C)CCCC(C)OC. The minimum absolute atomic E-state index is 0.334. The maximum atomic E-state index is 7.01. The minimum Gasteiger partial charge on any atom is -0.382 e. The number of ether oxygens (including phenoxy) is 1. The standard InChI is InChI=1S/C15H27O/c1-6-13(2)9-7-10-14(3)11-8-12-15(4)16-5/h13-15H,7-12H2,2-5H3. The summed E-state index contributed by atoms with van der Waals surface area (Å²) < 4.78 is 5.23. The molecule has 0 heterocycles. The second-order valence-electron chi connectivity index (χ2n) is 5.06. The molecule has 0 N–H and O–H groups in total. The van der Waals surface area contributed by atoms with Crippen LogP contribution in [0.2, 0.25) is 0 Å². The number of methoxy groups -OCH3 is 1. The number of hydrogen-bond acceptors (Lipinski definition) is 1. The van der Waals surface area contributed by atoms with Crippen LogP contribution in [0.4, 0.5) is 0 Å². The van der Waals surface area contributed by atoms with Crippen molar-refractivity contribution >= 4 is 0 Å². The monoisotopic (exact) mass is 223 g/mol. The summed E-state index contributed by atoms with van der Waals surface area (Å²) in [5.74, 6) is 3.68. The van der Waals surface area contributed by atoms with E-state index in [2.05, 4.69) is 26.7 Å². The first kappa shape index (κ1) is 15.5. The molecule has 0 aliphatic rings. The second-order valence-corrected chi connectivity index (χ2v) is 5.06. The smallest absolute Gasteiger partial charge is 0.0543 e. The Morgan fingerprint density at radius 3 is 2.06 bits per heavy atom. The molecule has 0 aliphatic heterocycles. The van der Waals surface area contributed by atoms with E-state index in [1.165, 1.54) is 32.1 Å². The van der Waals surface area contributed by atoms with Crippen molar-refractivity contribution in [3.8, 4) is 5.92 Å². The highest BCUT2D eigenvalue weighted by Crippen LogP contribution is 2.18. The van der Waals surface area contributed by atoms with Gasteiger partial charge in [-0.15, -0.1) is 0 Å². The van der Waals surface area contributed by atoms with Crippen molar-refractivity contribution in [3.05, 3.63) is 6.42 Å². The number of hydrogen-bond donors (Lipinski definition) is 0. The molecule has 0 fully saturated rings. The van der Waals surface area contributed by atoms with Crippen LogP contribution in [-0.4, -0.2) is 13.2 Å². The summed E-state index contributed by atoms with van der Waals surface area (Å²) in [6.07, 6.45) is 14.8. The Kier molecular flexibility index (Phi) is 9.43. The average Bonchev–Trinajstić information content (AvgIpc) is 2.28. The summed E-state index contributed by atoms with van der Waals surface area (Å²) >= 11 is 0. The predicted molar refractivity (Wildman–Crippen MR) is 69.6 cm³/mol. The van der Waals surface area contributed by atoms with E-state index in [-0.39, 0.29) is 0 Å². The van der Waals surface area contributed by atoms with Crippen LogP contribution in [0.3, 0.4) is 0 Å². The third-order valence-electron chi connectivity index (χ3n) is 3.29. The van der Waals surface area contributed by atoms with Gasteiger partial charge in [0.15, 0.2) is 0 Å². The van der Waals surface area contributed by atoms with E-state index in [1.807, 2.05) is 0 Å². The van der Waals surface area contributed by atoms with E-state index in [0.717, 1.165) is 12.3 Å². The van der Waals surface area contributed by atoms with Gasteiger partial charge in [-0.3, -0.25) is 0 Å². The lowest BCUT2D eigenvalue weighted by Crippen LogP contribution is -2.05. The van der Waals surface area contributed by atoms with E-state index in [0.29, 0.717) is 12.0 Å². The molecule has 0 aliphatic carbocycles. The van der Waals surface area contributed by atoms with Gasteiger partial charge in [-0.25, -0.2) is 0 Å². The average molecular weight is 223 g/mol. The van der Waals surface area contributed by atoms with Crippen LogP contribution in [0.5, 0.6) is 0 Å². The first-order chi connectivity index (χ1) is 7.60. The zero-order chi connectivity index (χ0) is 12.4. The lowest BCUT2D eigenvalue weighted by atomic mass is 9.95. The summed E-state index contributed by atoms with van der Waals surface area (Å²) in [6.45, 7) is 6.53. The van der Waals surface area contributed by atoms with E-state index < -0.39 is 0 Å². The van der Waals surface area contributed by atoms with Crippen LogP contribution in [-0.2, 0) is 4.74 Å². The van der Waals surface area contributed by atoms with Gasteiger partial charge in [-0.05, 0) is 32.1 Å². The molecule has 1 nitrogen and oxygen atoms in total. The van der Waals surface area contributed by atoms with Gasteiger partial charge in [-0.2, -0.15) is 0 Å². The third-order valence-corrected chi connectivity index (χ3v) is 3.29. The summed E-state index contributed by atoms with van der Waals surface area (Å²) in [4.78, 5) is 0. The van der Waals surface area contributed by atoms with Gasteiger partial charge in [0.25, 0.3) is 0 Å². The Balaban J connectivity index is 3.38. The molecule has 3 atom stereocenters. The zero-order valence-corrected chi connectivity index (χ0v) is 11.4. The van der Waals surface area contributed by atoms with E-state index in [9.17, 15) is 0 Å². The van der Waals surface area contributed by atoms with Crippen molar-refractivity contribution in [2.24, 2.45) is 11.8 Å². The molecule has 0 spiro atoms. The molecule has 0 amide bonds. The van der Waals surface area contributed by atoms with Crippen LogP contribution >= 0.6 is 0 Å². The maximum absolute atomic E-state index is 7.01. The highest BCUT2D eigenvalue weighted by Gasteiger charge is 2.05. The van der Waals surface area contributed by atoms with Crippen molar-refractivity contribution in [1.82, 2.24) is 0 Å². The molecular formula is C15H27O. The van der Waals surface area contributed by atoms with Crippen molar-refractivity contribution in [1.29, 1.82) is 0 Å². The summed E-state index contributed by atoms with van der Waals surface area (Å²) in [7, 11) is 1.78. The quantitative estimate of drug-likeness (QED) is 0.532. The lowest BCUT2D eigenvalue weighted by molar-refractivity contribution is 0.107. The zero-order valence-electron chi connectivity index (χ0n) is 11.4. The molecule has 1 radical (unpaired) electrons. The van der Waals surface area contributed by atoms with Gasteiger partial charge >= 0.3 is 0 Å². The van der Waals surface area contributed by atoms with E-state index in [4.69, 9.17) is 11.2 Å². The van der Waals surface area contributed by atoms with Crippen molar-refractivity contribution < 1.29 is 4.74 Å². The van der Waals surface area contributed by atoms with Gasteiger partial charge < -0.3 is 4.74 Å². The van der Waals surface area contributed by atoms with Crippen LogP contribution < -0.4 is 0 Å². The molecule has 1 heteroatoms. The molecule has 16 heavy (non-hydrogen) atoms. The fraction of sp³-hybridized carbons (Fsp3) is 0.867. The normalized spacial score (nSPS) is 16.4. The molecule has 0 rings (SSSR count). The van der Waals surface area contributed by atoms with Gasteiger partial charge in [-0.1, -0.05) is 45.5 Å². The Morgan fingerprint density at radius 2 is 1.56 bits per heavy atom. The molecule has 0 bridgehead atoms. The topological polar surface area (TPSA) is 9.23 Å². The summed E-state index contributed by atoms with van der Waals surface area (Å²) in [6, 6.07) is 0. The molecule has 93 valence electrons. The first-order valence-electron chi connectivity index (χ1n) is 6.55. The Labute approximate surface area is 102 Å². The summed E-state index contributed by atoms with van der Waals surface area (Å²) in [5, 5.41) is 0. The Morgan fingerprint density at radius 1 is 1.00 bits per heavy atom. The van der Waals surface area contributed by atoms with Gasteiger partial charge in [0.05, 0.1) is 6.10 Å². The third kappa shape index (κ3) is 8.80. The van der Waals surface area contributed by atoms with E-state index >= 15 is 0 Å². The first-order valence-corrected chi connectivity index (χ1v) is 6.55. The highest BCUT2D eigenvalue weighted by atomic mass is 16.5. The molecule has 3 unspecified atom stereocenters. The van der Waals surface area contributed by atoms with Crippen LogP contribution in [0, 0.1) is 24.2 Å². The van der Waals surface area contributed by atoms with Crippen LogP contribution in [0.25, 0.3) is 0 Å². The fourth-order valence-corrected chi connectivity index (χ4v) is 1.86. The lowest BCUT2D eigenvalue weighted by Gasteiger charge is -2.13. The number of rotatable bonds is 9. The van der Waals surface area contributed by atoms with Crippen molar-refractivity contribution in [3.63, 3.8) is 0 Å². The molecule has 0 saturated heterocycles. The van der Waals surface area contributed by atoms with E-state index in [1.54, 1.807) is 7.11 Å². The van der Waals surface area contributed by atoms with Gasteiger partial charge in [0.2, 0.25) is 0 Å². The van der Waals surface area contributed by atoms with Crippen molar-refractivity contribution in [2.75, 3.05) is 7.11 Å². The van der Waals surface area contributed by atoms with Gasteiger partial charge in [0, 0.05) is 13.0 Å². The molecule has 0 aromatic heterocycles. The summed E-state index contributed by atoms with van der Waals surface area (Å²) in [5.41, 5.74) is 0. The molecule has 0 aromatic carbocycles. The molecule has 0 saturated carbocycles. The van der Waals surface area contributed by atoms with Crippen LogP contribution in [0.15, 0.2) is 0 Å². The minimum atomic E-state index is 0.334. The van der Waals surface area contributed by atoms with Crippen molar-refractivity contribution in [2.45, 2.75) is 65.4 Å². The van der Waals surface area contributed by atoms with Crippen LogP contribution in [0.1, 0.15) is 59.3 Å². The van der Waals surface area contributed by atoms with Gasteiger partial charge in [0.1, 0.15) is 0 Å². The second kappa shape index (κ2) is 9.73. The predicted octanol–water partition coefficient (Wildman–Crippen LogP) is 4.22.